The van der Waals surface area contributed by atoms with Crippen LogP contribution in [0.1, 0.15) is 31.7 Å². The van der Waals surface area contributed by atoms with Crippen molar-refractivity contribution in [2.45, 2.75) is 32.7 Å². The van der Waals surface area contributed by atoms with Gasteiger partial charge in [0.15, 0.2) is 11.5 Å². The molecule has 4 nitrogen and oxygen atoms in total. The molecule has 5 heteroatoms. The molecule has 114 valence electrons. The van der Waals surface area contributed by atoms with Crippen LogP contribution in [0.4, 0.5) is 0 Å². The number of benzene rings is 1. The molecule has 1 fully saturated rings. The Balaban J connectivity index is 2.15. The first-order valence-electron chi connectivity index (χ1n) is 7.23. The first-order chi connectivity index (χ1) is 10.1. The van der Waals surface area contributed by atoms with Gasteiger partial charge in [-0.25, -0.2) is 0 Å². The lowest BCUT2D eigenvalue weighted by Gasteiger charge is -2.18. The molecule has 1 aliphatic carbocycles. The Morgan fingerprint density at radius 2 is 2.14 bits per heavy atom. The maximum atomic E-state index is 8.88. The highest BCUT2D eigenvalue weighted by Gasteiger charge is 2.43. The first-order valence-corrected chi connectivity index (χ1v) is 8.03. The molecule has 0 aromatic heterocycles. The minimum absolute atomic E-state index is 0.0569. The number of rotatable bonds is 8. The smallest absolute Gasteiger partial charge is 0.175 e. The van der Waals surface area contributed by atoms with Gasteiger partial charge in [-0.15, -0.1) is 0 Å². The Hall–Kier alpha value is -1.25. The van der Waals surface area contributed by atoms with E-state index in [9.17, 15) is 0 Å². The fourth-order valence-electron chi connectivity index (χ4n) is 2.27. The second-order valence-electron chi connectivity index (χ2n) is 5.49. The van der Waals surface area contributed by atoms with E-state index >= 15 is 0 Å². The van der Waals surface area contributed by atoms with Gasteiger partial charge in [-0.05, 0) is 60.4 Å². The van der Waals surface area contributed by atoms with Gasteiger partial charge in [0, 0.05) is 18.4 Å². The summed E-state index contributed by atoms with van der Waals surface area (Å²) in [7, 11) is 1.91. The molecule has 2 rings (SSSR count). The fourth-order valence-corrected chi connectivity index (χ4v) is 2.88. The van der Waals surface area contributed by atoms with Crippen molar-refractivity contribution in [3.8, 4) is 17.6 Å². The molecule has 1 saturated carbocycles. The van der Waals surface area contributed by atoms with Crippen LogP contribution in [0, 0.1) is 16.7 Å². The van der Waals surface area contributed by atoms with E-state index in [0.717, 1.165) is 40.9 Å². The van der Waals surface area contributed by atoms with Crippen molar-refractivity contribution in [1.82, 2.24) is 5.32 Å². The summed E-state index contributed by atoms with van der Waals surface area (Å²) >= 11 is 3.57. The molecule has 0 radical (unpaired) electrons. The predicted octanol–water partition coefficient (Wildman–Crippen LogP) is 3.64. The maximum Gasteiger partial charge on any atom is 0.175 e. The lowest BCUT2D eigenvalue weighted by molar-refractivity contribution is 0.220. The molecule has 0 saturated heterocycles. The van der Waals surface area contributed by atoms with E-state index in [4.69, 9.17) is 14.7 Å². The summed E-state index contributed by atoms with van der Waals surface area (Å²) in [4.78, 5) is 0. The molecule has 0 bridgehead atoms. The van der Waals surface area contributed by atoms with Crippen LogP contribution in [0.2, 0.25) is 0 Å². The Morgan fingerprint density at radius 1 is 1.38 bits per heavy atom. The van der Waals surface area contributed by atoms with Crippen molar-refractivity contribution in [2.24, 2.45) is 5.41 Å². The summed E-state index contributed by atoms with van der Waals surface area (Å²) in [6.07, 6.45) is 2.70. The average Bonchev–Trinajstić information content (AvgIpc) is 3.19. The lowest BCUT2D eigenvalue weighted by atomic mass is 10.1. The number of nitrogens with one attached hydrogen (secondary N) is 1. The predicted molar refractivity (Wildman–Crippen MR) is 85.5 cm³/mol. The SMILES string of the molecule is CCOc1cc(CNC)cc(Br)c1OCC1(CC#N)CC1. The molecular weight excluding hydrogens is 332 g/mol. The second-order valence-corrected chi connectivity index (χ2v) is 6.35. The molecule has 1 N–H and O–H groups in total. The summed E-state index contributed by atoms with van der Waals surface area (Å²) in [5, 5.41) is 12.0. The van der Waals surface area contributed by atoms with Crippen LogP contribution >= 0.6 is 15.9 Å². The maximum absolute atomic E-state index is 8.88. The van der Waals surface area contributed by atoms with Crippen LogP contribution in [0.15, 0.2) is 16.6 Å². The summed E-state index contributed by atoms with van der Waals surface area (Å²) in [5.41, 5.74) is 1.19. The highest BCUT2D eigenvalue weighted by atomic mass is 79.9. The topological polar surface area (TPSA) is 54.3 Å². The molecule has 1 aromatic carbocycles. The summed E-state index contributed by atoms with van der Waals surface area (Å²) in [5.74, 6) is 1.49. The third-order valence-corrected chi connectivity index (χ3v) is 4.27. The Bertz CT molecular complexity index is 536. The molecule has 1 aliphatic rings. The van der Waals surface area contributed by atoms with Crippen LogP contribution < -0.4 is 14.8 Å². The fraction of sp³-hybridized carbons (Fsp3) is 0.562. The van der Waals surface area contributed by atoms with Crippen molar-refractivity contribution < 1.29 is 9.47 Å². The van der Waals surface area contributed by atoms with Gasteiger partial charge in [0.2, 0.25) is 0 Å². The van der Waals surface area contributed by atoms with E-state index < -0.39 is 0 Å². The van der Waals surface area contributed by atoms with Crippen LogP contribution in [-0.2, 0) is 6.54 Å². The summed E-state index contributed by atoms with van der Waals surface area (Å²) in [6, 6.07) is 6.30. The number of halogens is 1. The van der Waals surface area contributed by atoms with Gasteiger partial charge in [-0.1, -0.05) is 0 Å². The molecule has 0 spiro atoms. The van der Waals surface area contributed by atoms with Crippen LogP contribution in [0.3, 0.4) is 0 Å². The van der Waals surface area contributed by atoms with Crippen molar-refractivity contribution >= 4 is 15.9 Å². The summed E-state index contributed by atoms with van der Waals surface area (Å²) < 4.78 is 12.6. The minimum atomic E-state index is 0.0569. The van der Waals surface area contributed by atoms with Crippen LogP contribution in [0.5, 0.6) is 11.5 Å². The van der Waals surface area contributed by atoms with Crippen molar-refractivity contribution in [3.63, 3.8) is 0 Å². The molecule has 0 aliphatic heterocycles. The van der Waals surface area contributed by atoms with Gasteiger partial charge in [0.1, 0.15) is 0 Å². The van der Waals surface area contributed by atoms with Gasteiger partial charge in [0.05, 0.1) is 23.8 Å². The van der Waals surface area contributed by atoms with E-state index in [1.54, 1.807) is 0 Å². The molecule has 0 heterocycles. The average molecular weight is 353 g/mol. The summed E-state index contributed by atoms with van der Waals surface area (Å²) in [6.45, 7) is 3.90. The van der Waals surface area contributed by atoms with Gasteiger partial charge >= 0.3 is 0 Å². The quantitative estimate of drug-likeness (QED) is 0.775. The zero-order valence-electron chi connectivity index (χ0n) is 12.5. The molecular formula is C16H21BrN2O2. The number of nitrogens with zero attached hydrogens (tertiary/aromatic N) is 1. The number of ether oxygens (including phenoxy) is 2. The molecule has 0 atom stereocenters. The Labute approximate surface area is 134 Å². The van der Waals surface area contributed by atoms with E-state index in [0.29, 0.717) is 19.6 Å². The van der Waals surface area contributed by atoms with Crippen LogP contribution in [-0.4, -0.2) is 20.3 Å². The Kier molecular flexibility index (Phi) is 5.49. The third kappa shape index (κ3) is 4.12. The van der Waals surface area contributed by atoms with Gasteiger partial charge in [-0.3, -0.25) is 0 Å². The van der Waals surface area contributed by atoms with Gasteiger partial charge in [0.25, 0.3) is 0 Å². The van der Waals surface area contributed by atoms with E-state index in [1.165, 1.54) is 0 Å². The molecule has 0 amide bonds. The largest absolute Gasteiger partial charge is 0.490 e. The second kappa shape index (κ2) is 7.15. The first kappa shape index (κ1) is 16.1. The van der Waals surface area contributed by atoms with Crippen molar-refractivity contribution in [1.29, 1.82) is 5.26 Å². The van der Waals surface area contributed by atoms with Gasteiger partial charge < -0.3 is 14.8 Å². The standard InChI is InChI=1S/C16H21BrN2O2/c1-3-20-14-9-12(10-19-2)8-13(17)15(14)21-11-16(4-5-16)6-7-18/h8-9,19H,3-6,10-11H2,1-2H3. The van der Waals surface area contributed by atoms with E-state index in [2.05, 4.69) is 27.3 Å². The molecule has 0 unspecified atom stereocenters. The van der Waals surface area contributed by atoms with Crippen molar-refractivity contribution in [3.05, 3.63) is 22.2 Å². The number of hydrogen-bond acceptors (Lipinski definition) is 4. The van der Waals surface area contributed by atoms with E-state index in [1.807, 2.05) is 26.1 Å². The monoisotopic (exact) mass is 352 g/mol. The molecule has 21 heavy (non-hydrogen) atoms. The minimum Gasteiger partial charge on any atom is -0.490 e. The van der Waals surface area contributed by atoms with Crippen LogP contribution in [0.25, 0.3) is 0 Å². The zero-order valence-corrected chi connectivity index (χ0v) is 14.1. The van der Waals surface area contributed by atoms with Crippen molar-refractivity contribution in [2.75, 3.05) is 20.3 Å². The molecule has 1 aromatic rings. The Morgan fingerprint density at radius 3 is 2.71 bits per heavy atom. The highest BCUT2D eigenvalue weighted by Crippen LogP contribution is 2.49. The lowest BCUT2D eigenvalue weighted by Crippen LogP contribution is -2.14. The zero-order chi connectivity index (χ0) is 15.3. The number of hydrogen-bond donors (Lipinski definition) is 1. The normalized spacial score (nSPS) is 15.3. The van der Waals surface area contributed by atoms with E-state index in [-0.39, 0.29) is 5.41 Å². The van der Waals surface area contributed by atoms with Gasteiger partial charge in [-0.2, -0.15) is 5.26 Å². The number of nitriles is 1. The highest BCUT2D eigenvalue weighted by molar-refractivity contribution is 9.10. The third-order valence-electron chi connectivity index (χ3n) is 3.68.